The van der Waals surface area contributed by atoms with Gasteiger partial charge in [-0.3, -0.25) is 9.89 Å². The Hall–Kier alpha value is -2.60. The van der Waals surface area contributed by atoms with Crippen molar-refractivity contribution >= 4 is 17.5 Å². The number of hydrogen-bond donors (Lipinski definition) is 1. The van der Waals surface area contributed by atoms with Crippen molar-refractivity contribution in [3.63, 3.8) is 0 Å². The molecule has 0 unspecified atom stereocenters. The lowest BCUT2D eigenvalue weighted by atomic mass is 10.1. The number of aromatic nitrogens is 2. The average molecular weight is 369 g/mol. The maximum Gasteiger partial charge on any atom is 0.189 e. The number of nitrogens with zero attached hydrogens (tertiary/aromatic N) is 2. The molecule has 0 spiro atoms. The number of H-pyrrole nitrogens is 1. The Morgan fingerprint density at radius 3 is 2.59 bits per heavy atom. The number of ketones is 1. The summed E-state index contributed by atoms with van der Waals surface area (Å²) in [5.74, 6) is 0.799. The third kappa shape index (κ3) is 3.90. The summed E-state index contributed by atoms with van der Waals surface area (Å²) >= 11 is 0. The molecule has 0 atom stereocenters. The van der Waals surface area contributed by atoms with Gasteiger partial charge in [-0.1, -0.05) is 13.8 Å². The quantitative estimate of drug-likeness (QED) is 0.840. The van der Waals surface area contributed by atoms with Gasteiger partial charge in [-0.25, -0.2) is 0 Å². The summed E-state index contributed by atoms with van der Waals surface area (Å²) in [7, 11) is 1.65. The standard InChI is InChI=1S/C19H21N3O3.C2H6/c1-12-7-15(21-20-12)9-14-8-13-10-17(22-3-5-25-6-4-22)18(24-2)11-16(13)19(14)23;1-2/h7,9-11H,3-6,8H2,1-2H3,(H,20,21);1-2H3/b14-9+;. The summed E-state index contributed by atoms with van der Waals surface area (Å²) in [5, 5.41) is 7.11. The van der Waals surface area contributed by atoms with Gasteiger partial charge in [0.25, 0.3) is 0 Å². The summed E-state index contributed by atoms with van der Waals surface area (Å²) < 4.78 is 11.0. The second-order valence-electron chi connectivity index (χ2n) is 6.43. The summed E-state index contributed by atoms with van der Waals surface area (Å²) in [6.07, 6.45) is 2.49. The van der Waals surface area contributed by atoms with Crippen LogP contribution in [0.1, 0.15) is 41.2 Å². The molecule has 2 aromatic rings. The number of morpholine rings is 1. The molecule has 6 heteroatoms. The summed E-state index contributed by atoms with van der Waals surface area (Å²) in [6, 6.07) is 5.90. The first-order valence-electron chi connectivity index (χ1n) is 9.46. The molecule has 6 nitrogen and oxygen atoms in total. The lowest BCUT2D eigenvalue weighted by molar-refractivity contribution is 0.104. The number of allylic oxidation sites excluding steroid dienone is 1. The summed E-state index contributed by atoms with van der Waals surface area (Å²) in [4.78, 5) is 15.0. The maximum absolute atomic E-state index is 12.8. The number of hydrogen-bond acceptors (Lipinski definition) is 5. The third-order valence-corrected chi connectivity index (χ3v) is 4.72. The minimum atomic E-state index is 0.0579. The van der Waals surface area contributed by atoms with Crippen LogP contribution in [0.5, 0.6) is 5.75 Å². The van der Waals surface area contributed by atoms with Crippen LogP contribution in [0.3, 0.4) is 0 Å². The van der Waals surface area contributed by atoms with Crippen LogP contribution in [-0.4, -0.2) is 49.4 Å². The number of aryl methyl sites for hydroxylation is 1. The van der Waals surface area contributed by atoms with E-state index in [0.717, 1.165) is 52.6 Å². The van der Waals surface area contributed by atoms with Crippen molar-refractivity contribution in [1.29, 1.82) is 0 Å². The first-order valence-corrected chi connectivity index (χ1v) is 9.46. The van der Waals surface area contributed by atoms with Crippen molar-refractivity contribution in [3.8, 4) is 5.75 Å². The number of carbonyl (C=O) groups is 1. The Morgan fingerprint density at radius 1 is 1.22 bits per heavy atom. The van der Waals surface area contributed by atoms with Crippen LogP contribution in [0.25, 0.3) is 6.08 Å². The molecule has 2 heterocycles. The molecular weight excluding hydrogens is 342 g/mol. The van der Waals surface area contributed by atoms with Gasteiger partial charge < -0.3 is 14.4 Å². The number of ether oxygens (including phenoxy) is 2. The molecule has 27 heavy (non-hydrogen) atoms. The van der Waals surface area contributed by atoms with Gasteiger partial charge in [0.1, 0.15) is 5.75 Å². The molecule has 1 fully saturated rings. The molecule has 0 saturated carbocycles. The number of carbonyl (C=O) groups excluding carboxylic acids is 1. The van der Waals surface area contributed by atoms with Crippen molar-refractivity contribution in [2.75, 3.05) is 38.3 Å². The highest BCUT2D eigenvalue weighted by molar-refractivity contribution is 6.16. The Labute approximate surface area is 160 Å². The molecule has 0 amide bonds. The van der Waals surface area contributed by atoms with E-state index in [1.165, 1.54) is 0 Å². The topological polar surface area (TPSA) is 67.5 Å². The van der Waals surface area contributed by atoms with Gasteiger partial charge in [-0.2, -0.15) is 5.10 Å². The maximum atomic E-state index is 12.8. The molecule has 1 saturated heterocycles. The van der Waals surface area contributed by atoms with Gasteiger partial charge in [0.15, 0.2) is 5.78 Å². The lowest BCUT2D eigenvalue weighted by Gasteiger charge is -2.30. The summed E-state index contributed by atoms with van der Waals surface area (Å²) in [5.41, 5.74) is 5.34. The largest absolute Gasteiger partial charge is 0.495 e. The second kappa shape index (κ2) is 8.39. The van der Waals surface area contributed by atoms with Crippen LogP contribution in [0, 0.1) is 6.92 Å². The van der Waals surface area contributed by atoms with E-state index in [4.69, 9.17) is 9.47 Å². The van der Waals surface area contributed by atoms with E-state index in [-0.39, 0.29) is 5.78 Å². The van der Waals surface area contributed by atoms with Crippen molar-refractivity contribution in [2.24, 2.45) is 0 Å². The van der Waals surface area contributed by atoms with Crippen LogP contribution in [0.2, 0.25) is 0 Å². The Balaban J connectivity index is 0.00000102. The minimum absolute atomic E-state index is 0.0579. The minimum Gasteiger partial charge on any atom is -0.495 e. The van der Waals surface area contributed by atoms with Crippen molar-refractivity contribution in [1.82, 2.24) is 10.2 Å². The van der Waals surface area contributed by atoms with Crippen LogP contribution in [-0.2, 0) is 11.2 Å². The molecule has 0 bridgehead atoms. The molecule has 4 rings (SSSR count). The fourth-order valence-electron chi connectivity index (χ4n) is 3.45. The van der Waals surface area contributed by atoms with Gasteiger partial charge in [0.05, 0.1) is 31.7 Å². The fraction of sp³-hybridized carbons (Fsp3) is 0.429. The fourth-order valence-corrected chi connectivity index (χ4v) is 3.45. The first kappa shape index (κ1) is 19.2. The van der Waals surface area contributed by atoms with Crippen LogP contribution in [0.4, 0.5) is 5.69 Å². The zero-order valence-corrected chi connectivity index (χ0v) is 16.5. The van der Waals surface area contributed by atoms with Crippen LogP contribution in [0.15, 0.2) is 23.8 Å². The van der Waals surface area contributed by atoms with E-state index >= 15 is 0 Å². The van der Waals surface area contributed by atoms with Crippen LogP contribution >= 0.6 is 0 Å². The zero-order chi connectivity index (χ0) is 19.4. The van der Waals surface area contributed by atoms with E-state index in [9.17, 15) is 4.79 Å². The van der Waals surface area contributed by atoms with Gasteiger partial charge in [-0.15, -0.1) is 0 Å². The Morgan fingerprint density at radius 2 is 1.96 bits per heavy atom. The molecule has 0 radical (unpaired) electrons. The predicted octanol–water partition coefficient (Wildman–Crippen LogP) is 3.41. The SMILES string of the molecule is CC.COc1cc2c(cc1N1CCOCC1)C/C(=C\c1cc(C)[nH]n1)C2=O. The monoisotopic (exact) mass is 369 g/mol. The number of fused-ring (bicyclic) bond motifs is 1. The molecule has 1 aromatic heterocycles. The molecule has 2 aliphatic rings. The Bertz CT molecular complexity index is 848. The predicted molar refractivity (Wildman–Crippen MR) is 107 cm³/mol. The number of anilines is 1. The van der Waals surface area contributed by atoms with Crippen LogP contribution < -0.4 is 9.64 Å². The molecule has 144 valence electrons. The van der Waals surface area contributed by atoms with Gasteiger partial charge in [0, 0.05) is 36.3 Å². The van der Waals surface area contributed by atoms with E-state index in [0.29, 0.717) is 19.6 Å². The number of rotatable bonds is 3. The highest BCUT2D eigenvalue weighted by atomic mass is 16.5. The number of nitrogens with one attached hydrogen (secondary N) is 1. The third-order valence-electron chi connectivity index (χ3n) is 4.72. The molecule has 1 aliphatic heterocycles. The van der Waals surface area contributed by atoms with Crippen molar-refractivity contribution in [3.05, 3.63) is 46.3 Å². The van der Waals surface area contributed by atoms with Gasteiger partial charge >= 0.3 is 0 Å². The highest BCUT2D eigenvalue weighted by Gasteiger charge is 2.28. The average Bonchev–Trinajstić information content (AvgIpc) is 3.26. The number of benzene rings is 1. The van der Waals surface area contributed by atoms with E-state index in [1.54, 1.807) is 7.11 Å². The van der Waals surface area contributed by atoms with E-state index in [1.807, 2.05) is 39.0 Å². The Kier molecular flexibility index (Phi) is 5.96. The van der Waals surface area contributed by atoms with Gasteiger partial charge in [-0.05, 0) is 36.8 Å². The normalized spacial score (nSPS) is 17.6. The molecule has 1 N–H and O–H groups in total. The van der Waals surface area contributed by atoms with Gasteiger partial charge in [0.2, 0.25) is 0 Å². The van der Waals surface area contributed by atoms with Crippen molar-refractivity contribution in [2.45, 2.75) is 27.2 Å². The number of Topliss-reactive ketones (excluding diaryl/α,β-unsaturated/α-hetero) is 1. The summed E-state index contributed by atoms with van der Waals surface area (Å²) in [6.45, 7) is 9.03. The smallest absolute Gasteiger partial charge is 0.189 e. The lowest BCUT2D eigenvalue weighted by Crippen LogP contribution is -2.36. The highest BCUT2D eigenvalue weighted by Crippen LogP contribution is 2.37. The number of aromatic amines is 1. The van der Waals surface area contributed by atoms with E-state index in [2.05, 4.69) is 21.2 Å². The number of methoxy groups -OCH3 is 1. The van der Waals surface area contributed by atoms with Crippen molar-refractivity contribution < 1.29 is 14.3 Å². The molecule has 1 aliphatic carbocycles. The van der Waals surface area contributed by atoms with E-state index < -0.39 is 0 Å². The first-order chi connectivity index (χ1) is 13.2. The molecular formula is C21H27N3O3. The second-order valence-corrected chi connectivity index (χ2v) is 6.43. The molecule has 1 aromatic carbocycles. The zero-order valence-electron chi connectivity index (χ0n) is 16.5.